The number of fused-ring (bicyclic) bond motifs is 1. The minimum absolute atomic E-state index is 0.216. The summed E-state index contributed by atoms with van der Waals surface area (Å²) in [5.41, 5.74) is 3.35. The molecule has 2 aromatic carbocycles. The molecule has 0 radical (unpaired) electrons. The summed E-state index contributed by atoms with van der Waals surface area (Å²) in [6.07, 6.45) is 3.87. The molecule has 0 bridgehead atoms. The van der Waals surface area contributed by atoms with E-state index in [-0.39, 0.29) is 29.0 Å². The fourth-order valence-corrected chi connectivity index (χ4v) is 6.60. The number of ether oxygens (including phenoxy) is 2. The number of nitrogens with zero attached hydrogens (tertiary/aromatic N) is 2. The first-order chi connectivity index (χ1) is 20.1. The topological polar surface area (TPSA) is 87.0 Å². The van der Waals surface area contributed by atoms with Crippen LogP contribution in [-0.4, -0.2) is 29.4 Å². The van der Waals surface area contributed by atoms with Crippen molar-refractivity contribution in [2.24, 2.45) is 4.99 Å². The minimum atomic E-state index is -0.671. The smallest absolute Gasteiger partial charge is 0.338 e. The second-order valence-electron chi connectivity index (χ2n) is 12.6. The van der Waals surface area contributed by atoms with Crippen LogP contribution in [0.1, 0.15) is 90.6 Å². The first-order valence-electron chi connectivity index (χ1n) is 14.3. The molecule has 228 valence electrons. The van der Waals surface area contributed by atoms with Gasteiger partial charge in [-0.1, -0.05) is 65.0 Å². The summed E-state index contributed by atoms with van der Waals surface area (Å²) in [7, 11) is 0. The summed E-state index contributed by atoms with van der Waals surface area (Å²) in [6.45, 7) is 17.6. The molecule has 0 fully saturated rings. The van der Waals surface area contributed by atoms with Crippen molar-refractivity contribution in [2.45, 2.75) is 84.1 Å². The Hall–Kier alpha value is -3.43. The molecule has 0 saturated heterocycles. The van der Waals surface area contributed by atoms with E-state index in [2.05, 4.69) is 41.5 Å². The molecule has 0 amide bonds. The molecule has 0 aliphatic carbocycles. The predicted octanol–water partition coefficient (Wildman–Crippen LogP) is 6.04. The van der Waals surface area contributed by atoms with Crippen molar-refractivity contribution in [3.8, 4) is 5.75 Å². The largest absolute Gasteiger partial charge is 0.463 e. The van der Waals surface area contributed by atoms with Crippen molar-refractivity contribution >= 4 is 41.1 Å². The summed E-state index contributed by atoms with van der Waals surface area (Å²) in [5.74, 6) is -0.299. The van der Waals surface area contributed by atoms with Crippen LogP contribution in [0.2, 0.25) is 0 Å². The van der Waals surface area contributed by atoms with Gasteiger partial charge in [0, 0.05) is 22.9 Å². The Morgan fingerprint density at radius 2 is 1.63 bits per heavy atom. The van der Waals surface area contributed by atoms with E-state index >= 15 is 0 Å². The highest BCUT2D eigenvalue weighted by molar-refractivity contribution is 7.98. The minimum Gasteiger partial charge on any atom is -0.463 e. The monoisotopic (exact) mass is 620 g/mol. The van der Waals surface area contributed by atoms with Crippen LogP contribution >= 0.6 is 23.1 Å². The normalized spacial score (nSPS) is 15.7. The summed E-state index contributed by atoms with van der Waals surface area (Å²) in [4.78, 5) is 45.8. The van der Waals surface area contributed by atoms with Crippen LogP contribution in [0.4, 0.5) is 0 Å². The van der Waals surface area contributed by atoms with Gasteiger partial charge in [0.25, 0.3) is 5.56 Å². The highest BCUT2D eigenvalue weighted by Gasteiger charge is 2.34. The molecule has 43 heavy (non-hydrogen) atoms. The Morgan fingerprint density at radius 1 is 1.05 bits per heavy atom. The van der Waals surface area contributed by atoms with Crippen LogP contribution < -0.4 is 19.6 Å². The highest BCUT2D eigenvalue weighted by atomic mass is 32.2. The average Bonchev–Trinajstić information content (AvgIpc) is 3.21. The third-order valence-electron chi connectivity index (χ3n) is 7.22. The van der Waals surface area contributed by atoms with E-state index < -0.39 is 12.0 Å². The third kappa shape index (κ3) is 6.73. The van der Waals surface area contributed by atoms with Crippen LogP contribution in [0, 0.1) is 0 Å². The van der Waals surface area contributed by atoms with Crippen LogP contribution in [-0.2, 0) is 25.2 Å². The van der Waals surface area contributed by atoms with Gasteiger partial charge in [-0.3, -0.25) is 14.2 Å². The molecule has 0 saturated carbocycles. The molecule has 1 atom stereocenters. The summed E-state index contributed by atoms with van der Waals surface area (Å²) in [5, 5.41) is 0. The first-order valence-corrected chi connectivity index (χ1v) is 16.3. The lowest BCUT2D eigenvalue weighted by atomic mass is 9.78. The Morgan fingerprint density at radius 3 is 2.12 bits per heavy atom. The van der Waals surface area contributed by atoms with Crippen LogP contribution in [0.3, 0.4) is 0 Å². The van der Waals surface area contributed by atoms with E-state index in [9.17, 15) is 14.4 Å². The van der Waals surface area contributed by atoms with Gasteiger partial charge in [-0.25, -0.2) is 9.79 Å². The van der Waals surface area contributed by atoms with Crippen LogP contribution in [0.15, 0.2) is 62.4 Å². The van der Waals surface area contributed by atoms with E-state index in [1.165, 1.54) is 18.3 Å². The number of thioether (sulfide) groups is 1. The SMILES string of the molecule is CCOC(=O)C1=C(C)N=c2sc(=Cc3cc(C(C)(C)C)c(OC(C)=O)c(C(C)(C)C)c3)c(=O)n2C1c1ccc(SC)cc1. The number of aromatic nitrogens is 1. The number of allylic oxidation sites excluding steroid dienone is 1. The maximum atomic E-state index is 14.2. The number of carbonyl (C=O) groups excluding carboxylic acids is 2. The molecule has 2 heterocycles. The summed E-state index contributed by atoms with van der Waals surface area (Å²) in [6, 6.07) is 11.2. The molecule has 1 aliphatic rings. The molecule has 1 aromatic heterocycles. The van der Waals surface area contributed by atoms with Gasteiger partial charge < -0.3 is 9.47 Å². The molecule has 0 spiro atoms. The molecule has 9 heteroatoms. The molecule has 4 rings (SSSR count). The van der Waals surface area contributed by atoms with Gasteiger partial charge in [-0.15, -0.1) is 11.8 Å². The van der Waals surface area contributed by atoms with Gasteiger partial charge in [-0.05, 0) is 72.4 Å². The van der Waals surface area contributed by atoms with Gasteiger partial charge in [0.05, 0.1) is 28.5 Å². The number of esters is 2. The molecule has 7 nitrogen and oxygen atoms in total. The number of hydrogen-bond acceptors (Lipinski definition) is 8. The lowest BCUT2D eigenvalue weighted by Gasteiger charge is -2.29. The number of hydrogen-bond donors (Lipinski definition) is 0. The third-order valence-corrected chi connectivity index (χ3v) is 8.95. The highest BCUT2D eigenvalue weighted by Crippen LogP contribution is 2.41. The van der Waals surface area contributed by atoms with Gasteiger partial charge in [-0.2, -0.15) is 0 Å². The summed E-state index contributed by atoms with van der Waals surface area (Å²) >= 11 is 2.91. The lowest BCUT2D eigenvalue weighted by Crippen LogP contribution is -2.39. The Labute approximate surface area is 261 Å². The zero-order chi connectivity index (χ0) is 31.9. The maximum Gasteiger partial charge on any atom is 0.338 e. The van der Waals surface area contributed by atoms with Crippen molar-refractivity contribution < 1.29 is 19.1 Å². The van der Waals surface area contributed by atoms with Gasteiger partial charge in [0.15, 0.2) is 4.80 Å². The zero-order valence-electron chi connectivity index (χ0n) is 26.6. The second kappa shape index (κ2) is 12.3. The van der Waals surface area contributed by atoms with Crippen molar-refractivity contribution in [2.75, 3.05) is 12.9 Å². The first kappa shape index (κ1) is 32.5. The predicted molar refractivity (Wildman–Crippen MR) is 174 cm³/mol. The number of benzene rings is 2. The van der Waals surface area contributed by atoms with Gasteiger partial charge in [0.2, 0.25) is 0 Å². The van der Waals surface area contributed by atoms with E-state index in [1.54, 1.807) is 30.2 Å². The quantitative estimate of drug-likeness (QED) is 0.190. The van der Waals surface area contributed by atoms with Gasteiger partial charge in [0.1, 0.15) is 5.75 Å². The van der Waals surface area contributed by atoms with Crippen molar-refractivity contribution in [1.82, 2.24) is 4.57 Å². The standard InChI is InChI=1S/C34H40N2O5S2/c1-11-40-31(39)27-19(2)35-32-36(28(27)22-12-14-23(42-10)15-13-22)30(38)26(43-32)18-21-16-24(33(4,5)6)29(41-20(3)37)25(17-21)34(7,8)9/h12-18,28H,11H2,1-10H3. The molecular weight excluding hydrogens is 581 g/mol. The number of thiazole rings is 1. The van der Waals surface area contributed by atoms with Crippen molar-refractivity contribution in [3.63, 3.8) is 0 Å². The summed E-state index contributed by atoms with van der Waals surface area (Å²) < 4.78 is 13.3. The van der Waals surface area contributed by atoms with E-state index in [0.29, 0.717) is 26.4 Å². The fraction of sp³-hybridized carbons (Fsp3) is 0.412. The Balaban J connectivity index is 2.00. The van der Waals surface area contributed by atoms with E-state index in [4.69, 9.17) is 14.5 Å². The molecule has 1 aliphatic heterocycles. The number of carbonyl (C=O) groups is 2. The van der Waals surface area contributed by atoms with E-state index in [1.807, 2.05) is 48.7 Å². The molecule has 3 aromatic rings. The number of rotatable bonds is 6. The fourth-order valence-electron chi connectivity index (χ4n) is 5.15. The van der Waals surface area contributed by atoms with Crippen molar-refractivity contribution in [3.05, 3.63) is 89.6 Å². The molecule has 1 unspecified atom stereocenters. The average molecular weight is 621 g/mol. The molecular formula is C34H40N2O5S2. The maximum absolute atomic E-state index is 14.2. The Bertz CT molecular complexity index is 1750. The lowest BCUT2D eigenvalue weighted by molar-refractivity contribution is -0.139. The molecule has 0 N–H and O–H groups in total. The second-order valence-corrected chi connectivity index (χ2v) is 14.5. The zero-order valence-corrected chi connectivity index (χ0v) is 28.2. The van der Waals surface area contributed by atoms with E-state index in [0.717, 1.165) is 27.1 Å². The Kier molecular flexibility index (Phi) is 9.28. The van der Waals surface area contributed by atoms with Crippen LogP contribution in [0.5, 0.6) is 5.75 Å². The van der Waals surface area contributed by atoms with Crippen molar-refractivity contribution in [1.29, 1.82) is 0 Å². The van der Waals surface area contributed by atoms with Gasteiger partial charge >= 0.3 is 11.9 Å². The van der Waals surface area contributed by atoms with Crippen LogP contribution in [0.25, 0.3) is 6.08 Å².